The van der Waals surface area contributed by atoms with E-state index in [2.05, 4.69) is 6.58 Å². The maximum Gasteiger partial charge on any atom is 0.416 e. The van der Waals surface area contributed by atoms with Crippen molar-refractivity contribution in [1.29, 1.82) is 0 Å². The number of carbonyl (C=O) groups is 1. The summed E-state index contributed by atoms with van der Waals surface area (Å²) in [5.74, 6) is 1.55. The average molecular weight is 571 g/mol. The molecular weight excluding hydrogens is 532 g/mol. The monoisotopic (exact) mass is 570 g/mol. The molecule has 2 aliphatic heterocycles. The number of amides is 1. The van der Waals surface area contributed by atoms with E-state index < -0.39 is 36.0 Å². The molecule has 40 heavy (non-hydrogen) atoms. The molecule has 1 amide bonds. The number of rotatable bonds is 9. The van der Waals surface area contributed by atoms with Crippen molar-refractivity contribution < 1.29 is 33.2 Å². The zero-order chi connectivity index (χ0) is 28.9. The summed E-state index contributed by atoms with van der Waals surface area (Å²) in [7, 11) is 4.91. The first-order chi connectivity index (χ1) is 19.1. The molecule has 0 N–H and O–H groups in total. The van der Waals surface area contributed by atoms with Gasteiger partial charge in [0, 0.05) is 7.05 Å². The van der Waals surface area contributed by atoms with Crippen LogP contribution in [-0.4, -0.2) is 72.8 Å². The smallest absolute Gasteiger partial charge is 0.416 e. The molecular formula is C30H38N2O7S. The average Bonchev–Trinajstić information content (AvgIpc) is 3.37. The fourth-order valence-corrected chi connectivity index (χ4v) is 5.48. The molecule has 0 spiro atoms. The molecule has 9 nitrogen and oxygen atoms in total. The topological polar surface area (TPSA) is 88.1 Å². The summed E-state index contributed by atoms with van der Waals surface area (Å²) < 4.78 is 35.4. The van der Waals surface area contributed by atoms with Crippen molar-refractivity contribution in [3.8, 4) is 11.5 Å². The van der Waals surface area contributed by atoms with Crippen LogP contribution in [0.15, 0.2) is 66.2 Å². The number of hydrogen-bond acceptors (Lipinski definition) is 9. The van der Waals surface area contributed by atoms with E-state index in [9.17, 15) is 4.79 Å². The van der Waals surface area contributed by atoms with Crippen molar-refractivity contribution >= 4 is 23.0 Å². The molecule has 0 aliphatic carbocycles. The molecule has 5 atom stereocenters. The van der Waals surface area contributed by atoms with Gasteiger partial charge >= 0.3 is 6.09 Å². The minimum atomic E-state index is -0.628. The molecule has 2 aliphatic rings. The van der Waals surface area contributed by atoms with Gasteiger partial charge in [0.2, 0.25) is 0 Å². The fraction of sp³-hybridized carbons (Fsp3) is 0.467. The molecule has 2 aromatic carbocycles. The van der Waals surface area contributed by atoms with Gasteiger partial charge in [-0.1, -0.05) is 42.1 Å². The first kappa shape index (κ1) is 29.9. The van der Waals surface area contributed by atoms with Crippen LogP contribution in [0.3, 0.4) is 0 Å². The first-order valence-corrected chi connectivity index (χ1v) is 14.0. The molecule has 1 fully saturated rings. The van der Waals surface area contributed by atoms with Gasteiger partial charge in [-0.15, -0.1) is 6.58 Å². The van der Waals surface area contributed by atoms with Crippen LogP contribution in [0.5, 0.6) is 11.5 Å². The summed E-state index contributed by atoms with van der Waals surface area (Å²) in [6.07, 6.45) is -0.168. The van der Waals surface area contributed by atoms with Gasteiger partial charge in [0.15, 0.2) is 5.17 Å². The Hall–Kier alpha value is -3.05. The molecule has 4 rings (SSSR count). The third-order valence-electron chi connectivity index (χ3n) is 6.42. The predicted octanol–water partition coefficient (Wildman–Crippen LogP) is 5.42. The molecule has 0 unspecified atom stereocenters. The van der Waals surface area contributed by atoms with Crippen LogP contribution in [0, 0.1) is 0 Å². The molecule has 0 bridgehead atoms. The second-order valence-corrected chi connectivity index (χ2v) is 11.6. The fourth-order valence-electron chi connectivity index (χ4n) is 4.32. The molecule has 1 saturated heterocycles. The van der Waals surface area contributed by atoms with Gasteiger partial charge in [0.05, 0.1) is 27.4 Å². The van der Waals surface area contributed by atoms with Crippen molar-refractivity contribution in [2.24, 2.45) is 4.99 Å². The normalized spacial score (nSPS) is 24.1. The quantitative estimate of drug-likeness (QED) is 0.369. The zero-order valence-electron chi connectivity index (χ0n) is 23.9. The number of methoxy groups -OCH3 is 2. The highest BCUT2D eigenvalue weighted by molar-refractivity contribution is 8.14. The Morgan fingerprint density at radius 3 is 1.98 bits per heavy atom. The van der Waals surface area contributed by atoms with Crippen molar-refractivity contribution in [1.82, 2.24) is 4.90 Å². The second kappa shape index (κ2) is 13.1. The van der Waals surface area contributed by atoms with E-state index in [0.29, 0.717) is 18.4 Å². The Balaban J connectivity index is 1.57. The van der Waals surface area contributed by atoms with E-state index in [-0.39, 0.29) is 5.44 Å². The highest BCUT2D eigenvalue weighted by Crippen LogP contribution is 2.40. The molecule has 0 radical (unpaired) electrons. The van der Waals surface area contributed by atoms with Gasteiger partial charge in [-0.2, -0.15) is 0 Å². The van der Waals surface area contributed by atoms with E-state index in [1.807, 2.05) is 69.3 Å². The van der Waals surface area contributed by atoms with Gasteiger partial charge in [-0.3, -0.25) is 9.89 Å². The maximum atomic E-state index is 12.8. The molecule has 2 heterocycles. The van der Waals surface area contributed by atoms with Crippen LogP contribution in [0.1, 0.15) is 31.9 Å². The van der Waals surface area contributed by atoms with Gasteiger partial charge in [0.1, 0.15) is 46.9 Å². The number of hydrogen-bond donors (Lipinski definition) is 0. The van der Waals surface area contributed by atoms with E-state index in [0.717, 1.165) is 22.6 Å². The number of amidine groups is 1. The lowest BCUT2D eigenvalue weighted by molar-refractivity contribution is -0.184. The summed E-state index contributed by atoms with van der Waals surface area (Å²) in [4.78, 5) is 19.1. The van der Waals surface area contributed by atoms with Crippen LogP contribution >= 0.6 is 11.8 Å². The van der Waals surface area contributed by atoms with E-state index in [1.54, 1.807) is 27.3 Å². The SMILES string of the molecule is C=C[C@H]1O[C@@H]2SC(N(C)C(=O)OC(C)(C)C)=N[C@@H]2[C@@H](OCc2ccc(OC)cc2)[C@@H]1OCc1ccc(OC)cc1. The van der Waals surface area contributed by atoms with Crippen LogP contribution in [0.25, 0.3) is 0 Å². The molecule has 2 aromatic rings. The standard InChI is InChI=1S/C30H38N2O7S/c1-8-23-25(36-17-19-9-13-21(34-6)14-10-19)26(37-18-20-11-15-22(35-7)16-12-20)24-27(38-23)40-28(31-24)32(5)29(33)39-30(2,3)4/h8-16,23-27H,1,17-18H2,2-7H3/t23-,24-,25-,26-,27-/m1/s1. The number of ether oxygens (including phenoxy) is 6. The molecule has 0 aromatic heterocycles. The third kappa shape index (κ3) is 7.37. The van der Waals surface area contributed by atoms with Gasteiger partial charge < -0.3 is 28.4 Å². The predicted molar refractivity (Wildman–Crippen MR) is 155 cm³/mol. The summed E-state index contributed by atoms with van der Waals surface area (Å²) in [6, 6.07) is 15.0. The summed E-state index contributed by atoms with van der Waals surface area (Å²) in [6.45, 7) is 10.2. The Kier molecular flexibility index (Phi) is 9.78. The number of carbonyl (C=O) groups excluding carboxylic acids is 1. The van der Waals surface area contributed by atoms with Gasteiger partial charge in [-0.05, 0) is 56.2 Å². The number of aliphatic imine (C=N–C) groups is 1. The van der Waals surface area contributed by atoms with Crippen molar-refractivity contribution in [3.63, 3.8) is 0 Å². The lowest BCUT2D eigenvalue weighted by Gasteiger charge is -2.41. The van der Waals surface area contributed by atoms with E-state index >= 15 is 0 Å². The summed E-state index contributed by atoms with van der Waals surface area (Å²) in [5, 5.41) is 0.501. The number of fused-ring (bicyclic) bond motifs is 1. The van der Waals surface area contributed by atoms with Gasteiger partial charge in [-0.25, -0.2) is 4.79 Å². The van der Waals surface area contributed by atoms with Crippen LogP contribution < -0.4 is 9.47 Å². The molecule has 10 heteroatoms. The van der Waals surface area contributed by atoms with Crippen LogP contribution in [-0.2, 0) is 32.2 Å². The maximum absolute atomic E-state index is 12.8. The highest BCUT2D eigenvalue weighted by atomic mass is 32.2. The Morgan fingerprint density at radius 1 is 0.975 bits per heavy atom. The van der Waals surface area contributed by atoms with Gasteiger partial charge in [0.25, 0.3) is 0 Å². The second-order valence-electron chi connectivity index (χ2n) is 10.5. The number of nitrogens with zero attached hydrogens (tertiary/aromatic N) is 2. The number of benzene rings is 2. The highest BCUT2D eigenvalue weighted by Gasteiger charge is 2.51. The van der Waals surface area contributed by atoms with E-state index in [4.69, 9.17) is 33.4 Å². The summed E-state index contributed by atoms with van der Waals surface area (Å²) >= 11 is 1.37. The number of thioether (sulfide) groups is 1. The Labute approximate surface area is 240 Å². The molecule has 0 saturated carbocycles. The Bertz CT molecular complexity index is 1180. The minimum absolute atomic E-state index is 0.335. The third-order valence-corrected chi connectivity index (χ3v) is 7.64. The minimum Gasteiger partial charge on any atom is -0.497 e. The molecule has 216 valence electrons. The largest absolute Gasteiger partial charge is 0.497 e. The van der Waals surface area contributed by atoms with Crippen LogP contribution in [0.4, 0.5) is 4.79 Å². The zero-order valence-corrected chi connectivity index (χ0v) is 24.7. The van der Waals surface area contributed by atoms with E-state index in [1.165, 1.54) is 16.7 Å². The lowest BCUT2D eigenvalue weighted by Crippen LogP contribution is -2.56. The van der Waals surface area contributed by atoms with Crippen molar-refractivity contribution in [3.05, 3.63) is 72.3 Å². The van der Waals surface area contributed by atoms with Crippen molar-refractivity contribution in [2.45, 2.75) is 69.4 Å². The van der Waals surface area contributed by atoms with Crippen molar-refractivity contribution in [2.75, 3.05) is 21.3 Å². The lowest BCUT2D eigenvalue weighted by atomic mass is 9.97. The summed E-state index contributed by atoms with van der Waals surface area (Å²) in [5.41, 5.74) is 0.948. The Morgan fingerprint density at radius 2 is 1.50 bits per heavy atom. The van der Waals surface area contributed by atoms with Crippen LogP contribution in [0.2, 0.25) is 0 Å². The first-order valence-electron chi connectivity index (χ1n) is 13.1.